The van der Waals surface area contributed by atoms with E-state index in [1.165, 1.54) is 12.1 Å². The maximum Gasteiger partial charge on any atom is 0.254 e. The van der Waals surface area contributed by atoms with Crippen LogP contribution in [-0.2, 0) is 13.0 Å². The van der Waals surface area contributed by atoms with E-state index >= 15 is 0 Å². The maximum absolute atomic E-state index is 13.6. The number of rotatable bonds is 3. The van der Waals surface area contributed by atoms with Gasteiger partial charge in [-0.2, -0.15) is 0 Å². The highest BCUT2D eigenvalue weighted by molar-refractivity contribution is 5.96. The highest BCUT2D eigenvalue weighted by Crippen LogP contribution is 2.30. The molecule has 0 saturated heterocycles. The molecule has 1 N–H and O–H groups in total. The van der Waals surface area contributed by atoms with E-state index in [0.717, 1.165) is 22.2 Å². The van der Waals surface area contributed by atoms with Gasteiger partial charge in [0.15, 0.2) is 0 Å². The molecule has 1 aliphatic heterocycles. The molecule has 1 aromatic heterocycles. The van der Waals surface area contributed by atoms with Gasteiger partial charge in [0.2, 0.25) is 0 Å². The molecule has 0 bridgehead atoms. The number of nitrogens with zero attached hydrogens (tertiary/aromatic N) is 1. The molecule has 0 atom stereocenters. The number of amides is 1. The summed E-state index contributed by atoms with van der Waals surface area (Å²) in [5.41, 5.74) is 3.45. The first-order valence-corrected chi connectivity index (χ1v) is 8.40. The van der Waals surface area contributed by atoms with E-state index in [9.17, 15) is 9.18 Å². The number of nitrogens with one attached hydrogen (secondary N) is 1. The van der Waals surface area contributed by atoms with Gasteiger partial charge >= 0.3 is 0 Å². The zero-order valence-corrected chi connectivity index (χ0v) is 14.6. The van der Waals surface area contributed by atoms with Crippen molar-refractivity contribution in [3.63, 3.8) is 0 Å². The van der Waals surface area contributed by atoms with Crippen LogP contribution in [0.25, 0.3) is 10.9 Å². The Labute approximate surface area is 150 Å². The number of hydrogen-bond donors (Lipinski definition) is 1. The lowest BCUT2D eigenvalue weighted by molar-refractivity contribution is 0.0734. The first-order chi connectivity index (χ1) is 12.6. The van der Waals surface area contributed by atoms with E-state index in [1.807, 2.05) is 0 Å². The van der Waals surface area contributed by atoms with Crippen molar-refractivity contribution >= 4 is 16.8 Å². The number of aromatic amines is 1. The van der Waals surface area contributed by atoms with E-state index in [2.05, 4.69) is 4.98 Å². The number of benzene rings is 2. The third-order valence-electron chi connectivity index (χ3n) is 4.82. The van der Waals surface area contributed by atoms with Crippen molar-refractivity contribution in [2.45, 2.75) is 13.0 Å². The number of methoxy groups -OCH3 is 2. The minimum Gasteiger partial charge on any atom is -0.497 e. The SMILES string of the molecule is COc1cc(OC)cc(C(=O)N2CCc3[nH]c4ccc(F)cc4c3C2)c1. The second kappa shape index (κ2) is 6.37. The molecule has 26 heavy (non-hydrogen) atoms. The van der Waals surface area contributed by atoms with Gasteiger partial charge in [-0.3, -0.25) is 4.79 Å². The number of ether oxygens (including phenoxy) is 2. The molecule has 0 aliphatic carbocycles. The number of carbonyl (C=O) groups excluding carboxylic acids is 1. The van der Waals surface area contributed by atoms with Crippen LogP contribution in [-0.4, -0.2) is 36.6 Å². The van der Waals surface area contributed by atoms with E-state index in [-0.39, 0.29) is 11.7 Å². The van der Waals surface area contributed by atoms with E-state index in [1.54, 1.807) is 43.4 Å². The summed E-state index contributed by atoms with van der Waals surface area (Å²) >= 11 is 0. The fourth-order valence-corrected chi connectivity index (χ4v) is 3.47. The Hall–Kier alpha value is -3.02. The lowest BCUT2D eigenvalue weighted by Gasteiger charge is -2.27. The number of fused-ring (bicyclic) bond motifs is 3. The fourth-order valence-electron chi connectivity index (χ4n) is 3.47. The Kier molecular flexibility index (Phi) is 4.03. The number of H-pyrrole nitrogens is 1. The van der Waals surface area contributed by atoms with Gasteiger partial charge in [0, 0.05) is 53.3 Å². The minimum absolute atomic E-state index is 0.0985. The molecule has 3 aromatic rings. The third-order valence-corrected chi connectivity index (χ3v) is 4.82. The van der Waals surface area contributed by atoms with Crippen LogP contribution < -0.4 is 9.47 Å². The zero-order chi connectivity index (χ0) is 18.3. The van der Waals surface area contributed by atoms with Gasteiger partial charge in [-0.1, -0.05) is 0 Å². The van der Waals surface area contributed by atoms with Crippen LogP contribution in [0.1, 0.15) is 21.6 Å². The van der Waals surface area contributed by atoms with Crippen molar-refractivity contribution in [2.24, 2.45) is 0 Å². The van der Waals surface area contributed by atoms with Crippen LogP contribution >= 0.6 is 0 Å². The monoisotopic (exact) mass is 354 g/mol. The molecule has 0 saturated carbocycles. The van der Waals surface area contributed by atoms with Crippen LogP contribution in [0.15, 0.2) is 36.4 Å². The Morgan fingerprint density at radius 2 is 1.85 bits per heavy atom. The quantitative estimate of drug-likeness (QED) is 0.783. The summed E-state index contributed by atoms with van der Waals surface area (Å²) in [6, 6.07) is 9.84. The van der Waals surface area contributed by atoms with E-state index in [0.29, 0.717) is 36.6 Å². The molecule has 1 aliphatic rings. The second-order valence-electron chi connectivity index (χ2n) is 6.35. The van der Waals surface area contributed by atoms with Crippen molar-refractivity contribution < 1.29 is 18.7 Å². The molecule has 1 amide bonds. The molecule has 0 fully saturated rings. The van der Waals surface area contributed by atoms with E-state index in [4.69, 9.17) is 9.47 Å². The fraction of sp³-hybridized carbons (Fsp3) is 0.250. The Balaban J connectivity index is 1.67. The van der Waals surface area contributed by atoms with Crippen LogP contribution in [0.4, 0.5) is 4.39 Å². The van der Waals surface area contributed by atoms with Crippen molar-refractivity contribution in [3.8, 4) is 11.5 Å². The molecular formula is C20H19FN2O3. The van der Waals surface area contributed by atoms with Crippen LogP contribution in [0.2, 0.25) is 0 Å². The Morgan fingerprint density at radius 3 is 2.54 bits per heavy atom. The van der Waals surface area contributed by atoms with Gasteiger partial charge in [-0.25, -0.2) is 4.39 Å². The average Bonchev–Trinajstić information content (AvgIpc) is 3.04. The lowest BCUT2D eigenvalue weighted by atomic mass is 10.0. The molecule has 0 unspecified atom stereocenters. The molecule has 4 rings (SSSR count). The third kappa shape index (κ3) is 2.77. The molecule has 5 nitrogen and oxygen atoms in total. The zero-order valence-electron chi connectivity index (χ0n) is 14.6. The summed E-state index contributed by atoms with van der Waals surface area (Å²) in [6.07, 6.45) is 0.707. The molecule has 0 spiro atoms. The van der Waals surface area contributed by atoms with Crippen molar-refractivity contribution in [3.05, 3.63) is 59.0 Å². The molecular weight excluding hydrogens is 335 g/mol. The summed E-state index contributed by atoms with van der Waals surface area (Å²) in [5.74, 6) is 0.762. The van der Waals surface area contributed by atoms with Crippen LogP contribution in [0, 0.1) is 5.82 Å². The number of halogens is 1. The molecule has 2 heterocycles. The first-order valence-electron chi connectivity index (χ1n) is 8.40. The van der Waals surface area contributed by atoms with Gasteiger partial charge in [0.1, 0.15) is 17.3 Å². The number of hydrogen-bond acceptors (Lipinski definition) is 3. The van der Waals surface area contributed by atoms with Gasteiger partial charge in [-0.05, 0) is 30.3 Å². The normalized spacial score (nSPS) is 13.6. The highest BCUT2D eigenvalue weighted by atomic mass is 19.1. The number of carbonyl (C=O) groups is 1. The van der Waals surface area contributed by atoms with Crippen molar-refractivity contribution in [1.82, 2.24) is 9.88 Å². The largest absolute Gasteiger partial charge is 0.497 e. The molecule has 0 radical (unpaired) electrons. The molecule has 2 aromatic carbocycles. The first kappa shape index (κ1) is 16.4. The van der Waals surface area contributed by atoms with E-state index < -0.39 is 0 Å². The molecule has 134 valence electrons. The maximum atomic E-state index is 13.6. The van der Waals surface area contributed by atoms with Crippen molar-refractivity contribution in [1.29, 1.82) is 0 Å². The Bertz CT molecular complexity index is 974. The van der Waals surface area contributed by atoms with Crippen LogP contribution in [0.3, 0.4) is 0 Å². The summed E-state index contributed by atoms with van der Waals surface area (Å²) in [7, 11) is 3.10. The standard InChI is InChI=1S/C20H19FN2O3/c1-25-14-7-12(8-15(10-14)26-2)20(24)23-6-5-19-17(11-23)16-9-13(21)3-4-18(16)22-19/h3-4,7-10,22H,5-6,11H2,1-2H3. The molecule has 6 heteroatoms. The average molecular weight is 354 g/mol. The van der Waals surface area contributed by atoms with Gasteiger partial charge in [-0.15, -0.1) is 0 Å². The predicted molar refractivity (Wildman–Crippen MR) is 96.2 cm³/mol. The lowest BCUT2D eigenvalue weighted by Crippen LogP contribution is -2.35. The second-order valence-corrected chi connectivity index (χ2v) is 6.35. The smallest absolute Gasteiger partial charge is 0.254 e. The summed E-state index contributed by atoms with van der Waals surface area (Å²) < 4.78 is 24.2. The Morgan fingerprint density at radius 1 is 1.12 bits per heavy atom. The van der Waals surface area contributed by atoms with Crippen LogP contribution in [0.5, 0.6) is 11.5 Å². The summed E-state index contributed by atoms with van der Waals surface area (Å²) in [6.45, 7) is 1.04. The van der Waals surface area contributed by atoms with Gasteiger partial charge in [0.25, 0.3) is 5.91 Å². The summed E-state index contributed by atoms with van der Waals surface area (Å²) in [4.78, 5) is 18.1. The van der Waals surface area contributed by atoms with Gasteiger partial charge in [0.05, 0.1) is 14.2 Å². The highest BCUT2D eigenvalue weighted by Gasteiger charge is 2.25. The van der Waals surface area contributed by atoms with Crippen molar-refractivity contribution in [2.75, 3.05) is 20.8 Å². The topological polar surface area (TPSA) is 54.6 Å². The summed E-state index contributed by atoms with van der Waals surface area (Å²) in [5, 5.41) is 0.834. The minimum atomic E-state index is -0.278. The number of aromatic nitrogens is 1. The predicted octanol–water partition coefficient (Wildman–Crippen LogP) is 3.52. The van der Waals surface area contributed by atoms with Gasteiger partial charge < -0.3 is 19.4 Å².